The van der Waals surface area contributed by atoms with Gasteiger partial charge in [-0.25, -0.2) is 17.5 Å². The average Bonchev–Trinajstić information content (AvgIpc) is 3.14. The zero-order valence-corrected chi connectivity index (χ0v) is 14.8. The van der Waals surface area contributed by atoms with Crippen molar-refractivity contribution < 1.29 is 22.3 Å². The molecule has 1 atom stereocenters. The van der Waals surface area contributed by atoms with Gasteiger partial charge in [-0.05, 0) is 55.3 Å². The summed E-state index contributed by atoms with van der Waals surface area (Å²) in [5.41, 5.74) is 0.595. The first-order chi connectivity index (χ1) is 12.4. The minimum absolute atomic E-state index is 0.0883. The largest absolute Gasteiger partial charge is 0.377 e. The Morgan fingerprint density at radius 1 is 1.19 bits per heavy atom. The summed E-state index contributed by atoms with van der Waals surface area (Å²) in [6.07, 6.45) is 1.69. The van der Waals surface area contributed by atoms with Crippen LogP contribution in [0, 0.1) is 5.82 Å². The van der Waals surface area contributed by atoms with Crippen molar-refractivity contribution >= 4 is 21.6 Å². The average molecular weight is 378 g/mol. The van der Waals surface area contributed by atoms with E-state index >= 15 is 0 Å². The zero-order chi connectivity index (χ0) is 18.6. The highest BCUT2D eigenvalue weighted by Gasteiger charge is 2.20. The van der Waals surface area contributed by atoms with Gasteiger partial charge in [-0.1, -0.05) is 6.07 Å². The lowest BCUT2D eigenvalue weighted by Crippen LogP contribution is -2.31. The van der Waals surface area contributed by atoms with Crippen molar-refractivity contribution in [3.8, 4) is 0 Å². The fraction of sp³-hybridized carbons (Fsp3) is 0.278. The van der Waals surface area contributed by atoms with Gasteiger partial charge in [-0.3, -0.25) is 4.79 Å². The topological polar surface area (TPSA) is 84.5 Å². The lowest BCUT2D eigenvalue weighted by molar-refractivity contribution is 0.102. The smallest absolute Gasteiger partial charge is 0.255 e. The van der Waals surface area contributed by atoms with E-state index in [1.165, 1.54) is 42.5 Å². The first kappa shape index (κ1) is 18.5. The molecule has 1 amide bonds. The van der Waals surface area contributed by atoms with Gasteiger partial charge >= 0.3 is 0 Å². The molecule has 0 aromatic heterocycles. The van der Waals surface area contributed by atoms with Crippen molar-refractivity contribution in [1.29, 1.82) is 0 Å². The molecule has 2 aromatic rings. The molecular weight excluding hydrogens is 359 g/mol. The molecule has 0 aliphatic carbocycles. The number of sulfonamides is 1. The van der Waals surface area contributed by atoms with Gasteiger partial charge in [0.1, 0.15) is 5.82 Å². The van der Waals surface area contributed by atoms with E-state index in [1.54, 1.807) is 0 Å². The van der Waals surface area contributed by atoms with Gasteiger partial charge < -0.3 is 10.1 Å². The monoisotopic (exact) mass is 378 g/mol. The van der Waals surface area contributed by atoms with Gasteiger partial charge in [-0.15, -0.1) is 0 Å². The molecule has 2 aromatic carbocycles. The second-order valence-corrected chi connectivity index (χ2v) is 7.74. The normalized spacial score (nSPS) is 17.2. The summed E-state index contributed by atoms with van der Waals surface area (Å²) in [6.45, 7) is 0.895. The molecule has 0 radical (unpaired) electrons. The zero-order valence-electron chi connectivity index (χ0n) is 13.9. The molecule has 1 fully saturated rings. The summed E-state index contributed by atoms with van der Waals surface area (Å²) in [7, 11) is -3.64. The Hall–Kier alpha value is -2.29. The number of hydrogen-bond acceptors (Lipinski definition) is 4. The molecule has 0 saturated carbocycles. The third-order valence-electron chi connectivity index (χ3n) is 4.03. The van der Waals surface area contributed by atoms with E-state index in [2.05, 4.69) is 10.0 Å². The van der Waals surface area contributed by atoms with Gasteiger partial charge in [0.05, 0.1) is 11.0 Å². The molecule has 26 heavy (non-hydrogen) atoms. The Morgan fingerprint density at radius 2 is 1.96 bits per heavy atom. The molecule has 1 aliphatic heterocycles. The third-order valence-corrected chi connectivity index (χ3v) is 5.47. The summed E-state index contributed by atoms with van der Waals surface area (Å²) in [6, 6.07) is 11.1. The Labute approximate surface area is 151 Å². The van der Waals surface area contributed by atoms with Crippen molar-refractivity contribution in [3.05, 3.63) is 59.9 Å². The van der Waals surface area contributed by atoms with E-state index in [0.29, 0.717) is 12.3 Å². The molecule has 2 N–H and O–H groups in total. The number of rotatable bonds is 6. The molecule has 0 bridgehead atoms. The summed E-state index contributed by atoms with van der Waals surface area (Å²) in [5.74, 6) is -0.979. The second-order valence-electron chi connectivity index (χ2n) is 5.98. The molecule has 1 saturated heterocycles. The number of halogens is 1. The lowest BCUT2D eigenvalue weighted by Gasteiger charge is -2.12. The van der Waals surface area contributed by atoms with Crippen LogP contribution in [0.5, 0.6) is 0 Å². The van der Waals surface area contributed by atoms with Crippen LogP contribution in [-0.4, -0.2) is 33.6 Å². The fourth-order valence-electron chi connectivity index (χ4n) is 2.64. The summed E-state index contributed by atoms with van der Waals surface area (Å²) in [4.78, 5) is 12.2. The van der Waals surface area contributed by atoms with Crippen molar-refractivity contribution in [1.82, 2.24) is 4.72 Å². The van der Waals surface area contributed by atoms with E-state index in [-0.39, 0.29) is 23.1 Å². The Kier molecular flexibility index (Phi) is 5.65. The van der Waals surface area contributed by atoms with Gasteiger partial charge in [0.2, 0.25) is 10.0 Å². The Balaban J connectivity index is 1.63. The van der Waals surface area contributed by atoms with E-state index < -0.39 is 21.7 Å². The number of carbonyl (C=O) groups is 1. The van der Waals surface area contributed by atoms with E-state index in [9.17, 15) is 17.6 Å². The number of nitrogens with one attached hydrogen (secondary N) is 2. The highest BCUT2D eigenvalue weighted by atomic mass is 32.2. The molecule has 138 valence electrons. The van der Waals surface area contributed by atoms with Crippen LogP contribution in [0.15, 0.2) is 53.4 Å². The fourth-order valence-corrected chi connectivity index (χ4v) is 3.71. The number of anilines is 1. The maximum absolute atomic E-state index is 13.2. The van der Waals surface area contributed by atoms with Crippen LogP contribution in [0.25, 0.3) is 0 Å². The van der Waals surface area contributed by atoms with Crippen molar-refractivity contribution in [2.75, 3.05) is 18.5 Å². The van der Waals surface area contributed by atoms with Gasteiger partial charge in [0, 0.05) is 24.4 Å². The lowest BCUT2D eigenvalue weighted by atomic mass is 10.2. The number of amides is 1. The predicted octanol–water partition coefficient (Wildman–Crippen LogP) is 2.54. The number of ether oxygens (including phenoxy) is 1. The summed E-state index contributed by atoms with van der Waals surface area (Å²) >= 11 is 0. The first-order valence-corrected chi connectivity index (χ1v) is 9.71. The molecule has 1 heterocycles. The minimum Gasteiger partial charge on any atom is -0.377 e. The predicted molar refractivity (Wildman–Crippen MR) is 95.0 cm³/mol. The van der Waals surface area contributed by atoms with Crippen LogP contribution in [0.2, 0.25) is 0 Å². The quantitative estimate of drug-likeness (QED) is 0.809. The standard InChI is InChI=1S/C18H19FN2O4S/c19-14-4-1-3-13(11-14)18(22)21-15-6-8-17(9-7-15)26(23,24)20-12-16-5-2-10-25-16/h1,3-4,6-9,11,16,20H,2,5,10,12H2,(H,21,22)/t16-/m1/s1. The highest BCUT2D eigenvalue weighted by Crippen LogP contribution is 2.16. The van der Waals surface area contributed by atoms with Crippen LogP contribution >= 0.6 is 0 Å². The molecule has 6 nitrogen and oxygen atoms in total. The van der Waals surface area contributed by atoms with E-state index in [0.717, 1.165) is 18.9 Å². The number of hydrogen-bond donors (Lipinski definition) is 2. The van der Waals surface area contributed by atoms with Gasteiger partial charge in [-0.2, -0.15) is 0 Å². The van der Waals surface area contributed by atoms with Crippen LogP contribution in [0.3, 0.4) is 0 Å². The Bertz CT molecular complexity index is 878. The molecule has 3 rings (SSSR count). The first-order valence-electron chi connectivity index (χ1n) is 8.22. The van der Waals surface area contributed by atoms with Crippen LogP contribution in [0.4, 0.5) is 10.1 Å². The Morgan fingerprint density at radius 3 is 2.62 bits per heavy atom. The van der Waals surface area contributed by atoms with Gasteiger partial charge in [0.25, 0.3) is 5.91 Å². The maximum Gasteiger partial charge on any atom is 0.255 e. The van der Waals surface area contributed by atoms with Gasteiger partial charge in [0.15, 0.2) is 0 Å². The third kappa shape index (κ3) is 4.66. The maximum atomic E-state index is 13.2. The SMILES string of the molecule is O=C(Nc1ccc(S(=O)(=O)NC[C@H]2CCCO2)cc1)c1cccc(F)c1. The molecule has 0 unspecified atom stereocenters. The van der Waals surface area contributed by atoms with Crippen molar-refractivity contribution in [2.24, 2.45) is 0 Å². The molecule has 8 heteroatoms. The molecular formula is C18H19FN2O4S. The number of carbonyl (C=O) groups excluding carboxylic acids is 1. The van der Waals surface area contributed by atoms with Crippen LogP contribution < -0.4 is 10.0 Å². The second kappa shape index (κ2) is 7.94. The van der Waals surface area contributed by atoms with Crippen LogP contribution in [0.1, 0.15) is 23.2 Å². The minimum atomic E-state index is -3.64. The van der Waals surface area contributed by atoms with Crippen LogP contribution in [-0.2, 0) is 14.8 Å². The summed E-state index contributed by atoms with van der Waals surface area (Å²) in [5, 5.41) is 2.60. The van der Waals surface area contributed by atoms with Crippen molar-refractivity contribution in [2.45, 2.75) is 23.8 Å². The van der Waals surface area contributed by atoms with E-state index in [4.69, 9.17) is 4.74 Å². The summed E-state index contributed by atoms with van der Waals surface area (Å²) < 4.78 is 45.7. The highest BCUT2D eigenvalue weighted by molar-refractivity contribution is 7.89. The van der Waals surface area contributed by atoms with E-state index in [1.807, 2.05) is 0 Å². The number of benzene rings is 2. The van der Waals surface area contributed by atoms with Crippen molar-refractivity contribution in [3.63, 3.8) is 0 Å². The molecule has 0 spiro atoms. The molecule has 1 aliphatic rings.